The van der Waals surface area contributed by atoms with Crippen molar-refractivity contribution in [2.45, 2.75) is 39.0 Å². The molecule has 4 rings (SSSR count). The number of carbonyl (C=O) groups excluding carboxylic acids is 1. The molecule has 0 spiro atoms. The molecule has 2 amide bonds. The molecule has 27 heavy (non-hydrogen) atoms. The number of ether oxygens (including phenoxy) is 1. The van der Waals surface area contributed by atoms with Crippen molar-refractivity contribution in [2.75, 3.05) is 13.1 Å². The topological polar surface area (TPSA) is 54.5 Å². The number of carbonyl (C=O) groups is 1. The molecule has 5 nitrogen and oxygen atoms in total. The summed E-state index contributed by atoms with van der Waals surface area (Å²) in [5.41, 5.74) is 6.97. The minimum absolute atomic E-state index is 0.0495. The number of urea groups is 1. The summed E-state index contributed by atoms with van der Waals surface area (Å²) in [5.74, 6) is 0. The molecule has 0 radical (unpaired) electrons. The van der Waals surface area contributed by atoms with E-state index in [0.717, 1.165) is 35.4 Å². The Labute approximate surface area is 160 Å². The summed E-state index contributed by atoms with van der Waals surface area (Å²) >= 11 is 0. The summed E-state index contributed by atoms with van der Waals surface area (Å²) in [5, 5.41) is 2.87. The molecular weight excluding hydrogens is 338 g/mol. The predicted molar refractivity (Wildman–Crippen MR) is 105 cm³/mol. The number of benzene rings is 1. The second kappa shape index (κ2) is 7.53. The van der Waals surface area contributed by atoms with Gasteiger partial charge < -0.3 is 15.0 Å². The average molecular weight is 363 g/mol. The molecule has 5 heteroatoms. The lowest BCUT2D eigenvalue weighted by Crippen LogP contribution is -2.43. The average Bonchev–Trinajstić information content (AvgIpc) is 2.71. The van der Waals surface area contributed by atoms with Gasteiger partial charge >= 0.3 is 6.03 Å². The number of fused-ring (bicyclic) bond motifs is 3. The van der Waals surface area contributed by atoms with Gasteiger partial charge in [-0.15, -0.1) is 6.58 Å². The molecule has 1 aromatic carbocycles. The van der Waals surface area contributed by atoms with Gasteiger partial charge in [0.1, 0.15) is 0 Å². The lowest BCUT2D eigenvalue weighted by molar-refractivity contribution is 0.0399. The van der Waals surface area contributed by atoms with Gasteiger partial charge in [-0.3, -0.25) is 4.98 Å². The largest absolute Gasteiger partial charge is 0.373 e. The monoisotopic (exact) mass is 363 g/mol. The van der Waals surface area contributed by atoms with Gasteiger partial charge in [0, 0.05) is 43.7 Å². The molecule has 1 aromatic heterocycles. The molecular formula is C22H25N3O2. The van der Waals surface area contributed by atoms with Crippen LogP contribution in [-0.4, -0.2) is 35.1 Å². The van der Waals surface area contributed by atoms with Crippen molar-refractivity contribution in [3.63, 3.8) is 0 Å². The Hall–Kier alpha value is -2.66. The van der Waals surface area contributed by atoms with Gasteiger partial charge in [0.25, 0.3) is 0 Å². The molecule has 0 bridgehead atoms. The van der Waals surface area contributed by atoms with Gasteiger partial charge in [0.2, 0.25) is 0 Å². The molecule has 0 saturated carbocycles. The third kappa shape index (κ3) is 3.47. The second-order valence-corrected chi connectivity index (χ2v) is 7.18. The van der Waals surface area contributed by atoms with Crippen LogP contribution in [0.5, 0.6) is 0 Å². The number of pyridine rings is 1. The van der Waals surface area contributed by atoms with Gasteiger partial charge in [0.05, 0.1) is 18.4 Å². The lowest BCUT2D eigenvalue weighted by atomic mass is 9.88. The van der Waals surface area contributed by atoms with E-state index in [2.05, 4.69) is 43.1 Å². The molecule has 1 N–H and O–H groups in total. The predicted octanol–water partition coefficient (Wildman–Crippen LogP) is 3.46. The van der Waals surface area contributed by atoms with E-state index in [9.17, 15) is 4.79 Å². The van der Waals surface area contributed by atoms with Crippen molar-refractivity contribution in [1.82, 2.24) is 15.2 Å². The van der Waals surface area contributed by atoms with Gasteiger partial charge in [-0.2, -0.15) is 0 Å². The number of aromatic nitrogens is 1. The van der Waals surface area contributed by atoms with Crippen molar-refractivity contribution in [3.05, 3.63) is 65.4 Å². The van der Waals surface area contributed by atoms with E-state index in [-0.39, 0.29) is 12.1 Å². The summed E-state index contributed by atoms with van der Waals surface area (Å²) in [6.45, 7) is 8.08. The van der Waals surface area contributed by atoms with Crippen LogP contribution in [0.25, 0.3) is 11.3 Å². The van der Waals surface area contributed by atoms with Crippen LogP contribution in [0.15, 0.2) is 43.0 Å². The van der Waals surface area contributed by atoms with Crippen LogP contribution in [-0.2, 0) is 30.7 Å². The normalized spacial score (nSPS) is 18.4. The standard InChI is InChI=1S/C22H25N3O2/c1-3-10-23-22(26)25-11-9-20-18(13-25)19-14-27-15(2)12-17(19)21(24-20)16-7-5-4-6-8-16/h3-8,15H,1,9-14H2,2H3,(H,23,26)/t15-/m0/s1. The van der Waals surface area contributed by atoms with Gasteiger partial charge in [-0.05, 0) is 23.6 Å². The minimum Gasteiger partial charge on any atom is -0.373 e. The van der Waals surface area contributed by atoms with Gasteiger partial charge in [-0.25, -0.2) is 4.79 Å². The van der Waals surface area contributed by atoms with Crippen LogP contribution in [0.2, 0.25) is 0 Å². The molecule has 0 fully saturated rings. The SMILES string of the molecule is C=CCNC(=O)N1CCc2nc(-c3ccccc3)c3c(c2C1)CO[C@@H](C)C3. The van der Waals surface area contributed by atoms with E-state index in [4.69, 9.17) is 9.72 Å². The van der Waals surface area contributed by atoms with Crippen molar-refractivity contribution >= 4 is 6.03 Å². The van der Waals surface area contributed by atoms with E-state index in [1.54, 1.807) is 6.08 Å². The number of hydrogen-bond donors (Lipinski definition) is 1. The Kier molecular flexibility index (Phi) is 4.94. The van der Waals surface area contributed by atoms with E-state index in [1.165, 1.54) is 11.1 Å². The molecule has 3 heterocycles. The number of nitrogens with zero attached hydrogens (tertiary/aromatic N) is 2. The third-order valence-corrected chi connectivity index (χ3v) is 5.31. The molecule has 2 aromatic rings. The number of amides is 2. The van der Waals surface area contributed by atoms with Crippen LogP contribution < -0.4 is 5.32 Å². The van der Waals surface area contributed by atoms with Crippen LogP contribution in [0.4, 0.5) is 4.79 Å². The summed E-state index contributed by atoms with van der Waals surface area (Å²) < 4.78 is 5.96. The maximum absolute atomic E-state index is 12.4. The van der Waals surface area contributed by atoms with Gasteiger partial charge in [0.15, 0.2) is 0 Å². The van der Waals surface area contributed by atoms with E-state index in [1.807, 2.05) is 11.0 Å². The number of hydrogen-bond acceptors (Lipinski definition) is 3. The maximum atomic E-state index is 12.4. The molecule has 0 saturated heterocycles. The van der Waals surface area contributed by atoms with Gasteiger partial charge in [-0.1, -0.05) is 36.4 Å². The summed E-state index contributed by atoms with van der Waals surface area (Å²) in [7, 11) is 0. The Morgan fingerprint density at radius 3 is 2.93 bits per heavy atom. The zero-order chi connectivity index (χ0) is 18.8. The molecule has 140 valence electrons. The fourth-order valence-electron chi connectivity index (χ4n) is 3.92. The lowest BCUT2D eigenvalue weighted by Gasteiger charge is -2.34. The zero-order valence-electron chi connectivity index (χ0n) is 15.7. The fraction of sp³-hybridized carbons (Fsp3) is 0.364. The van der Waals surface area contributed by atoms with Crippen LogP contribution in [0, 0.1) is 0 Å². The van der Waals surface area contributed by atoms with Crippen molar-refractivity contribution in [2.24, 2.45) is 0 Å². The second-order valence-electron chi connectivity index (χ2n) is 7.18. The highest BCUT2D eigenvalue weighted by Gasteiger charge is 2.30. The van der Waals surface area contributed by atoms with Crippen LogP contribution in [0.3, 0.4) is 0 Å². The molecule has 1 atom stereocenters. The number of nitrogens with one attached hydrogen (secondary N) is 1. The third-order valence-electron chi connectivity index (χ3n) is 5.31. The molecule has 0 unspecified atom stereocenters. The zero-order valence-corrected chi connectivity index (χ0v) is 15.7. The molecule has 2 aliphatic heterocycles. The van der Waals surface area contributed by atoms with Crippen molar-refractivity contribution in [1.29, 1.82) is 0 Å². The maximum Gasteiger partial charge on any atom is 0.317 e. The van der Waals surface area contributed by atoms with Crippen molar-refractivity contribution < 1.29 is 9.53 Å². The van der Waals surface area contributed by atoms with Crippen LogP contribution >= 0.6 is 0 Å². The first kappa shape index (κ1) is 17.7. The van der Waals surface area contributed by atoms with E-state index < -0.39 is 0 Å². The Morgan fingerprint density at radius 2 is 2.15 bits per heavy atom. The van der Waals surface area contributed by atoms with Crippen molar-refractivity contribution in [3.8, 4) is 11.3 Å². The first-order chi connectivity index (χ1) is 13.2. The Bertz CT molecular complexity index is 864. The van der Waals surface area contributed by atoms with Crippen LogP contribution in [0.1, 0.15) is 29.3 Å². The first-order valence-corrected chi connectivity index (χ1v) is 9.51. The Balaban J connectivity index is 1.74. The number of rotatable bonds is 3. The van der Waals surface area contributed by atoms with E-state index >= 15 is 0 Å². The minimum atomic E-state index is -0.0495. The highest BCUT2D eigenvalue weighted by atomic mass is 16.5. The first-order valence-electron chi connectivity index (χ1n) is 9.51. The molecule has 0 aliphatic carbocycles. The fourth-order valence-corrected chi connectivity index (χ4v) is 3.92. The molecule has 2 aliphatic rings. The highest BCUT2D eigenvalue weighted by Crippen LogP contribution is 2.35. The quantitative estimate of drug-likeness (QED) is 0.850. The van der Waals surface area contributed by atoms with E-state index in [0.29, 0.717) is 26.2 Å². The summed E-state index contributed by atoms with van der Waals surface area (Å²) in [6.07, 6.45) is 3.48. The smallest absolute Gasteiger partial charge is 0.317 e. The Morgan fingerprint density at radius 1 is 1.33 bits per heavy atom. The summed E-state index contributed by atoms with van der Waals surface area (Å²) in [6, 6.07) is 10.3. The summed E-state index contributed by atoms with van der Waals surface area (Å²) in [4.78, 5) is 19.3. The highest BCUT2D eigenvalue weighted by molar-refractivity contribution is 5.75.